The number of rotatable bonds is 5. The Bertz CT molecular complexity index is 1140. The number of aromatic nitrogens is 1. The van der Waals surface area contributed by atoms with E-state index in [1.807, 2.05) is 48.7 Å². The van der Waals surface area contributed by atoms with E-state index in [0.717, 1.165) is 50.9 Å². The molecule has 1 N–H and O–H groups in total. The number of H-pyrrole nitrogens is 1. The summed E-state index contributed by atoms with van der Waals surface area (Å²) in [5.74, 6) is 0. The Balaban J connectivity index is 1.50. The van der Waals surface area contributed by atoms with Gasteiger partial charge in [-0.25, -0.2) is 0 Å². The maximum Gasteiger partial charge on any atom is 0.0457 e. The molecule has 0 atom stereocenters. The Morgan fingerprint density at radius 2 is 1.68 bits per heavy atom. The molecule has 0 saturated carbocycles. The molecule has 0 fully saturated rings. The molecule has 4 heteroatoms. The highest BCUT2D eigenvalue weighted by Crippen LogP contribution is 2.24. The summed E-state index contributed by atoms with van der Waals surface area (Å²) in [4.78, 5) is 8.09. The molecular formula is C24H20Cl2N2. The normalized spacial score (nSPS) is 11.9. The zero-order valence-electron chi connectivity index (χ0n) is 15.5. The van der Waals surface area contributed by atoms with Gasteiger partial charge >= 0.3 is 0 Å². The number of aliphatic imine (C=N–C) groups is 1. The van der Waals surface area contributed by atoms with E-state index in [9.17, 15) is 0 Å². The van der Waals surface area contributed by atoms with Gasteiger partial charge in [0.25, 0.3) is 0 Å². The first kappa shape index (κ1) is 18.8. The molecule has 0 radical (unpaired) electrons. The SMILES string of the molecule is CC(=NCCc1c[nH]c2ccc(Cl)cc12)c1cccc(-c2ccc(Cl)cc2)c1. The molecule has 0 bridgehead atoms. The van der Waals surface area contributed by atoms with Crippen molar-refractivity contribution >= 4 is 39.8 Å². The van der Waals surface area contributed by atoms with E-state index in [-0.39, 0.29) is 0 Å². The highest BCUT2D eigenvalue weighted by atomic mass is 35.5. The van der Waals surface area contributed by atoms with Gasteiger partial charge in [-0.15, -0.1) is 0 Å². The van der Waals surface area contributed by atoms with Gasteiger partial charge in [0, 0.05) is 39.4 Å². The molecule has 0 aliphatic carbocycles. The molecule has 0 aliphatic rings. The largest absolute Gasteiger partial charge is 0.361 e. The lowest BCUT2D eigenvalue weighted by Crippen LogP contribution is -1.98. The van der Waals surface area contributed by atoms with Crippen LogP contribution in [0.5, 0.6) is 0 Å². The standard InChI is InChI=1S/C24H20Cl2N2/c1-16(18-3-2-4-19(13-18)17-5-7-21(25)8-6-17)27-12-11-20-15-28-24-10-9-22(26)14-23(20)24/h2-10,13-15,28H,11-12H2,1H3. The first-order valence-corrected chi connectivity index (χ1v) is 9.99. The van der Waals surface area contributed by atoms with Crippen LogP contribution in [0.4, 0.5) is 0 Å². The first-order valence-electron chi connectivity index (χ1n) is 9.23. The van der Waals surface area contributed by atoms with Crippen molar-refractivity contribution in [2.45, 2.75) is 13.3 Å². The molecule has 4 rings (SSSR count). The monoisotopic (exact) mass is 406 g/mol. The van der Waals surface area contributed by atoms with E-state index in [1.165, 1.54) is 10.9 Å². The number of halogens is 2. The van der Waals surface area contributed by atoms with Gasteiger partial charge in [0.15, 0.2) is 0 Å². The second-order valence-corrected chi connectivity index (χ2v) is 7.68. The summed E-state index contributed by atoms with van der Waals surface area (Å²) in [5, 5.41) is 2.67. The molecule has 1 aromatic heterocycles. The van der Waals surface area contributed by atoms with E-state index in [2.05, 4.69) is 36.2 Å². The molecule has 0 saturated heterocycles. The van der Waals surface area contributed by atoms with Crippen LogP contribution < -0.4 is 0 Å². The predicted octanol–water partition coefficient (Wildman–Crippen LogP) is 7.19. The minimum atomic E-state index is 0.733. The molecule has 0 unspecified atom stereocenters. The minimum absolute atomic E-state index is 0.733. The van der Waals surface area contributed by atoms with Crippen molar-refractivity contribution in [1.29, 1.82) is 0 Å². The van der Waals surface area contributed by atoms with Gasteiger partial charge in [-0.1, -0.05) is 53.5 Å². The van der Waals surface area contributed by atoms with Crippen LogP contribution in [0, 0.1) is 0 Å². The predicted molar refractivity (Wildman–Crippen MR) is 121 cm³/mol. The van der Waals surface area contributed by atoms with Crippen LogP contribution in [0.1, 0.15) is 18.1 Å². The van der Waals surface area contributed by atoms with Gasteiger partial charge in [0.1, 0.15) is 0 Å². The van der Waals surface area contributed by atoms with Crippen LogP contribution in [0.3, 0.4) is 0 Å². The number of benzene rings is 3. The number of hydrogen-bond acceptors (Lipinski definition) is 1. The maximum atomic E-state index is 6.14. The molecule has 4 aromatic rings. The fraction of sp³-hybridized carbons (Fsp3) is 0.125. The van der Waals surface area contributed by atoms with Crippen LogP contribution in [0.2, 0.25) is 10.0 Å². The van der Waals surface area contributed by atoms with Gasteiger partial charge in [0.2, 0.25) is 0 Å². The van der Waals surface area contributed by atoms with Crippen LogP contribution in [0.25, 0.3) is 22.0 Å². The van der Waals surface area contributed by atoms with E-state index >= 15 is 0 Å². The molecular weight excluding hydrogens is 387 g/mol. The molecule has 0 amide bonds. The summed E-state index contributed by atoms with van der Waals surface area (Å²) in [7, 11) is 0. The molecule has 140 valence electrons. The van der Waals surface area contributed by atoms with Gasteiger partial charge in [-0.2, -0.15) is 0 Å². The van der Waals surface area contributed by atoms with E-state index < -0.39 is 0 Å². The smallest absolute Gasteiger partial charge is 0.0457 e. The molecule has 0 spiro atoms. The summed E-state index contributed by atoms with van der Waals surface area (Å²) in [5.41, 5.74) is 6.83. The van der Waals surface area contributed by atoms with Crippen molar-refractivity contribution in [3.05, 3.63) is 94.1 Å². The molecule has 0 aliphatic heterocycles. The van der Waals surface area contributed by atoms with Gasteiger partial charge in [0.05, 0.1) is 0 Å². The summed E-state index contributed by atoms with van der Waals surface area (Å²) in [6, 6.07) is 22.3. The van der Waals surface area contributed by atoms with E-state index in [0.29, 0.717) is 0 Å². The van der Waals surface area contributed by atoms with Gasteiger partial charge < -0.3 is 4.98 Å². The fourth-order valence-corrected chi connectivity index (χ4v) is 3.66. The van der Waals surface area contributed by atoms with E-state index in [4.69, 9.17) is 28.2 Å². The Kier molecular flexibility index (Phi) is 5.52. The third-order valence-corrected chi connectivity index (χ3v) is 5.40. The van der Waals surface area contributed by atoms with Gasteiger partial charge in [-0.05, 0) is 72.0 Å². The Morgan fingerprint density at radius 1 is 0.893 bits per heavy atom. The van der Waals surface area contributed by atoms with E-state index in [1.54, 1.807) is 0 Å². The Labute approximate surface area is 174 Å². The van der Waals surface area contributed by atoms with Crippen LogP contribution >= 0.6 is 23.2 Å². The molecule has 1 heterocycles. The maximum absolute atomic E-state index is 6.14. The fourth-order valence-electron chi connectivity index (χ4n) is 3.36. The van der Waals surface area contributed by atoms with Crippen LogP contribution in [-0.2, 0) is 6.42 Å². The second kappa shape index (κ2) is 8.22. The number of nitrogens with zero attached hydrogens (tertiary/aromatic N) is 1. The van der Waals surface area contributed by atoms with Crippen LogP contribution in [0.15, 0.2) is 77.9 Å². The van der Waals surface area contributed by atoms with Gasteiger partial charge in [-0.3, -0.25) is 4.99 Å². The average Bonchev–Trinajstić information content (AvgIpc) is 3.10. The quantitative estimate of drug-likeness (QED) is 0.339. The zero-order valence-corrected chi connectivity index (χ0v) is 17.1. The highest BCUT2D eigenvalue weighted by molar-refractivity contribution is 6.31. The van der Waals surface area contributed by atoms with Crippen molar-refractivity contribution in [3.8, 4) is 11.1 Å². The summed E-state index contributed by atoms with van der Waals surface area (Å²) < 4.78 is 0. The zero-order chi connectivity index (χ0) is 19.5. The second-order valence-electron chi connectivity index (χ2n) is 6.81. The third kappa shape index (κ3) is 4.14. The number of nitrogens with one attached hydrogen (secondary N) is 1. The number of fused-ring (bicyclic) bond motifs is 1. The minimum Gasteiger partial charge on any atom is -0.361 e. The van der Waals surface area contributed by atoms with Crippen molar-refractivity contribution in [2.24, 2.45) is 4.99 Å². The Morgan fingerprint density at radius 3 is 2.50 bits per heavy atom. The first-order chi connectivity index (χ1) is 13.6. The van der Waals surface area contributed by atoms with Crippen molar-refractivity contribution in [1.82, 2.24) is 4.98 Å². The summed E-state index contributed by atoms with van der Waals surface area (Å²) >= 11 is 12.1. The Hall–Kier alpha value is -2.55. The lowest BCUT2D eigenvalue weighted by Gasteiger charge is -2.06. The molecule has 28 heavy (non-hydrogen) atoms. The topological polar surface area (TPSA) is 28.1 Å². The lowest BCUT2D eigenvalue weighted by molar-refractivity contribution is 0.974. The summed E-state index contributed by atoms with van der Waals surface area (Å²) in [6.45, 7) is 2.80. The third-order valence-electron chi connectivity index (χ3n) is 4.92. The lowest BCUT2D eigenvalue weighted by atomic mass is 10.0. The molecule has 2 nitrogen and oxygen atoms in total. The van der Waals surface area contributed by atoms with Crippen LogP contribution in [-0.4, -0.2) is 17.2 Å². The van der Waals surface area contributed by atoms with Crippen molar-refractivity contribution in [3.63, 3.8) is 0 Å². The number of aromatic amines is 1. The van der Waals surface area contributed by atoms with Crippen molar-refractivity contribution < 1.29 is 0 Å². The molecule has 3 aromatic carbocycles. The summed E-state index contributed by atoms with van der Waals surface area (Å²) in [6.07, 6.45) is 2.92. The highest BCUT2D eigenvalue weighted by Gasteiger charge is 2.05. The average molecular weight is 407 g/mol. The number of hydrogen-bond donors (Lipinski definition) is 1. The van der Waals surface area contributed by atoms with Crippen molar-refractivity contribution in [2.75, 3.05) is 6.54 Å².